The molecule has 0 aliphatic heterocycles. The molecule has 0 aromatic carbocycles. The summed E-state index contributed by atoms with van der Waals surface area (Å²) >= 11 is 0. The molecule has 12 heavy (non-hydrogen) atoms. The first-order valence-electron chi connectivity index (χ1n) is 4.53. The Hall–Kier alpha value is -1.14. The predicted octanol–water partition coefficient (Wildman–Crippen LogP) is 2.90. The molecule has 0 spiro atoms. The zero-order valence-electron chi connectivity index (χ0n) is 7.40. The maximum absolute atomic E-state index is 5.39. The molecule has 0 heterocycles. The van der Waals surface area contributed by atoms with Crippen LogP contribution in [0.25, 0.3) is 0 Å². The predicted molar refractivity (Wildman–Crippen MR) is 52.4 cm³/mol. The average Bonchev–Trinajstić information content (AvgIpc) is 2.05. The van der Waals surface area contributed by atoms with Gasteiger partial charge < -0.3 is 0 Å². The van der Waals surface area contributed by atoms with Crippen LogP contribution in [0.4, 0.5) is 0 Å². The molecule has 1 rings (SSSR count). The van der Waals surface area contributed by atoms with Gasteiger partial charge in [-0.1, -0.05) is 24.7 Å². The topological polar surface area (TPSA) is 0 Å². The van der Waals surface area contributed by atoms with E-state index in [2.05, 4.69) is 11.8 Å². The Morgan fingerprint density at radius 3 is 1.50 bits per heavy atom. The smallest absolute Gasteiger partial charge is 0.0133 e. The normalized spacial score (nSPS) is 24.8. The van der Waals surface area contributed by atoms with Crippen LogP contribution in [0, 0.1) is 24.7 Å². The van der Waals surface area contributed by atoms with Crippen LogP contribution in [0.1, 0.15) is 38.5 Å². The lowest BCUT2D eigenvalue weighted by atomic mass is 9.94. The van der Waals surface area contributed by atoms with Gasteiger partial charge in [0.2, 0.25) is 0 Å². The van der Waals surface area contributed by atoms with E-state index in [1.54, 1.807) is 0 Å². The molecule has 0 N–H and O–H groups in total. The zero-order valence-corrected chi connectivity index (χ0v) is 7.40. The summed E-state index contributed by atoms with van der Waals surface area (Å²) in [5.74, 6) is 5.42. The Labute approximate surface area is 75.1 Å². The molecule has 0 unspecified atom stereocenters. The maximum Gasteiger partial charge on any atom is 0.0133 e. The third-order valence-electron chi connectivity index (χ3n) is 2.32. The van der Waals surface area contributed by atoms with Crippen LogP contribution in [0.5, 0.6) is 0 Å². The molecule has 0 atom stereocenters. The first-order valence-corrected chi connectivity index (χ1v) is 4.53. The highest BCUT2D eigenvalue weighted by molar-refractivity contribution is 5.40. The number of hydrogen-bond donors (Lipinski definition) is 0. The van der Waals surface area contributed by atoms with Crippen molar-refractivity contribution in [2.75, 3.05) is 0 Å². The molecule has 1 aliphatic rings. The molecule has 0 radical (unpaired) electrons. The van der Waals surface area contributed by atoms with Crippen molar-refractivity contribution in [3.05, 3.63) is 11.1 Å². The summed E-state index contributed by atoms with van der Waals surface area (Å²) in [5.41, 5.74) is 2.13. The van der Waals surface area contributed by atoms with Crippen LogP contribution >= 0.6 is 0 Å². The minimum atomic E-state index is 1.01. The molecule has 0 aromatic rings. The fourth-order valence-electron chi connectivity index (χ4n) is 1.58. The molecule has 62 valence electrons. The molecule has 1 aliphatic carbocycles. The lowest BCUT2D eigenvalue weighted by molar-refractivity contribution is 0.624. The average molecular weight is 158 g/mol. The van der Waals surface area contributed by atoms with E-state index in [4.69, 9.17) is 12.8 Å². The van der Waals surface area contributed by atoms with Gasteiger partial charge in [-0.25, -0.2) is 0 Å². The monoisotopic (exact) mass is 158 g/mol. The molecule has 0 amide bonds. The van der Waals surface area contributed by atoms with Gasteiger partial charge in [-0.05, 0) is 25.7 Å². The van der Waals surface area contributed by atoms with Gasteiger partial charge >= 0.3 is 0 Å². The van der Waals surface area contributed by atoms with Gasteiger partial charge in [0, 0.05) is 11.1 Å². The van der Waals surface area contributed by atoms with Gasteiger partial charge in [0.25, 0.3) is 0 Å². The van der Waals surface area contributed by atoms with Crippen molar-refractivity contribution in [1.82, 2.24) is 0 Å². The Morgan fingerprint density at radius 1 is 0.750 bits per heavy atom. The van der Waals surface area contributed by atoms with E-state index >= 15 is 0 Å². The number of allylic oxidation sites excluding steroid dienone is 2. The van der Waals surface area contributed by atoms with Gasteiger partial charge in [0.15, 0.2) is 0 Å². The first kappa shape index (κ1) is 8.95. The van der Waals surface area contributed by atoms with Crippen LogP contribution in [-0.4, -0.2) is 0 Å². The van der Waals surface area contributed by atoms with E-state index in [-0.39, 0.29) is 0 Å². The molecule has 0 heteroatoms. The highest BCUT2D eigenvalue weighted by atomic mass is 14.1. The van der Waals surface area contributed by atoms with Crippen molar-refractivity contribution in [2.24, 2.45) is 0 Å². The fourth-order valence-corrected chi connectivity index (χ4v) is 1.58. The van der Waals surface area contributed by atoms with Crippen molar-refractivity contribution in [3.63, 3.8) is 0 Å². The van der Waals surface area contributed by atoms with Gasteiger partial charge in [0.05, 0.1) is 0 Å². The maximum atomic E-state index is 5.39. The van der Waals surface area contributed by atoms with E-state index in [0.717, 1.165) is 24.0 Å². The second-order valence-corrected chi connectivity index (χ2v) is 3.16. The van der Waals surface area contributed by atoms with Crippen LogP contribution in [0.3, 0.4) is 0 Å². The minimum Gasteiger partial charge on any atom is -0.115 e. The van der Waals surface area contributed by atoms with E-state index in [1.165, 1.54) is 25.7 Å². The second-order valence-electron chi connectivity index (χ2n) is 3.16. The number of hydrogen-bond acceptors (Lipinski definition) is 0. The molecule has 0 saturated carbocycles. The standard InChI is InChI=1S/C12H14/c1-3-11-9-7-5-6-8-10-12(11)4-2/h1-2H,5-10H2/b12-11-. The van der Waals surface area contributed by atoms with Crippen molar-refractivity contribution in [1.29, 1.82) is 0 Å². The third-order valence-corrected chi connectivity index (χ3v) is 2.32. The Bertz CT molecular complexity index is 227. The molecule has 0 saturated heterocycles. The summed E-state index contributed by atoms with van der Waals surface area (Å²) in [5, 5.41) is 0. The summed E-state index contributed by atoms with van der Waals surface area (Å²) in [6.07, 6.45) is 17.8. The Balaban J connectivity index is 2.81. The largest absolute Gasteiger partial charge is 0.115 e. The summed E-state index contributed by atoms with van der Waals surface area (Å²) < 4.78 is 0. The second kappa shape index (κ2) is 4.68. The van der Waals surface area contributed by atoms with Crippen LogP contribution in [0.15, 0.2) is 11.1 Å². The minimum absolute atomic E-state index is 1.01. The highest BCUT2D eigenvalue weighted by Crippen LogP contribution is 2.21. The quantitative estimate of drug-likeness (QED) is 0.475. The SMILES string of the molecule is C#C/C1=C(\C#C)CCCCCC1. The van der Waals surface area contributed by atoms with Gasteiger partial charge in [-0.15, -0.1) is 12.8 Å². The summed E-state index contributed by atoms with van der Waals surface area (Å²) in [6, 6.07) is 0. The van der Waals surface area contributed by atoms with Crippen molar-refractivity contribution >= 4 is 0 Å². The Kier molecular flexibility index (Phi) is 3.49. The molecule has 0 bridgehead atoms. The van der Waals surface area contributed by atoms with Crippen molar-refractivity contribution in [2.45, 2.75) is 38.5 Å². The van der Waals surface area contributed by atoms with Crippen molar-refractivity contribution in [3.8, 4) is 24.7 Å². The lowest BCUT2D eigenvalue weighted by Gasteiger charge is -2.09. The van der Waals surface area contributed by atoms with E-state index in [1.807, 2.05) is 0 Å². The van der Waals surface area contributed by atoms with E-state index in [0.29, 0.717) is 0 Å². The van der Waals surface area contributed by atoms with Crippen LogP contribution < -0.4 is 0 Å². The Morgan fingerprint density at radius 2 is 1.17 bits per heavy atom. The molecule has 0 aromatic heterocycles. The lowest BCUT2D eigenvalue weighted by Crippen LogP contribution is -1.94. The number of terminal acetylenes is 2. The van der Waals surface area contributed by atoms with Gasteiger partial charge in [-0.2, -0.15) is 0 Å². The number of rotatable bonds is 0. The summed E-state index contributed by atoms with van der Waals surface area (Å²) in [4.78, 5) is 0. The first-order chi connectivity index (χ1) is 5.88. The molecular weight excluding hydrogens is 144 g/mol. The van der Waals surface area contributed by atoms with E-state index < -0.39 is 0 Å². The van der Waals surface area contributed by atoms with Gasteiger partial charge in [0.1, 0.15) is 0 Å². The summed E-state index contributed by atoms with van der Waals surface area (Å²) in [6.45, 7) is 0. The highest BCUT2D eigenvalue weighted by Gasteiger charge is 2.05. The van der Waals surface area contributed by atoms with Crippen molar-refractivity contribution < 1.29 is 0 Å². The van der Waals surface area contributed by atoms with Crippen LogP contribution in [-0.2, 0) is 0 Å². The van der Waals surface area contributed by atoms with Gasteiger partial charge in [-0.3, -0.25) is 0 Å². The summed E-state index contributed by atoms with van der Waals surface area (Å²) in [7, 11) is 0. The molecule has 0 nitrogen and oxygen atoms in total. The van der Waals surface area contributed by atoms with Crippen LogP contribution in [0.2, 0.25) is 0 Å². The molecule has 0 fully saturated rings. The third kappa shape index (κ3) is 2.18. The zero-order chi connectivity index (χ0) is 8.81. The molecular formula is C12H14. The van der Waals surface area contributed by atoms with E-state index in [9.17, 15) is 0 Å². The fraction of sp³-hybridized carbons (Fsp3) is 0.500.